The van der Waals surface area contributed by atoms with Gasteiger partial charge in [-0.05, 0) is 29.8 Å². The van der Waals surface area contributed by atoms with E-state index in [2.05, 4.69) is 10.1 Å². The van der Waals surface area contributed by atoms with Crippen molar-refractivity contribution in [2.45, 2.75) is 0 Å². The summed E-state index contributed by atoms with van der Waals surface area (Å²) in [6.07, 6.45) is 3.40. The van der Waals surface area contributed by atoms with Crippen molar-refractivity contribution in [2.24, 2.45) is 0 Å². The number of hydrogen-bond donors (Lipinski definition) is 1. The van der Waals surface area contributed by atoms with E-state index in [1.807, 2.05) is 42.5 Å². The first-order chi connectivity index (χ1) is 10.3. The molecule has 0 saturated carbocycles. The lowest BCUT2D eigenvalue weighted by Gasteiger charge is -1.99. The summed E-state index contributed by atoms with van der Waals surface area (Å²) in [5.74, 6) is 1.46. The van der Waals surface area contributed by atoms with Crippen LogP contribution in [-0.4, -0.2) is 10.1 Å². The Balaban J connectivity index is 1.93. The van der Waals surface area contributed by atoms with Crippen LogP contribution >= 0.6 is 0 Å². The lowest BCUT2D eigenvalue weighted by atomic mass is 10.1. The van der Waals surface area contributed by atoms with Crippen LogP contribution in [0.3, 0.4) is 0 Å². The van der Waals surface area contributed by atoms with Gasteiger partial charge in [0.25, 0.3) is 0 Å². The summed E-state index contributed by atoms with van der Waals surface area (Å²) in [7, 11) is 0. The van der Waals surface area contributed by atoms with Gasteiger partial charge in [-0.3, -0.25) is 4.98 Å². The second kappa shape index (κ2) is 4.49. The summed E-state index contributed by atoms with van der Waals surface area (Å²) in [6.45, 7) is 0. The van der Waals surface area contributed by atoms with Gasteiger partial charge in [0.2, 0.25) is 5.76 Å². The lowest BCUT2D eigenvalue weighted by Crippen LogP contribution is -1.88. The van der Waals surface area contributed by atoms with Crippen LogP contribution in [0.4, 0.5) is 5.82 Å². The van der Waals surface area contributed by atoms with Crippen LogP contribution in [0.1, 0.15) is 0 Å². The van der Waals surface area contributed by atoms with E-state index in [4.69, 9.17) is 14.7 Å². The number of para-hydroxylation sites is 1. The quantitative estimate of drug-likeness (QED) is 0.604. The topological polar surface area (TPSA) is 78.1 Å². The zero-order valence-electron chi connectivity index (χ0n) is 11.0. The van der Waals surface area contributed by atoms with E-state index < -0.39 is 0 Å². The molecule has 0 atom stereocenters. The number of aromatic nitrogens is 2. The van der Waals surface area contributed by atoms with Gasteiger partial charge in [0.1, 0.15) is 5.58 Å². The Bertz CT molecular complexity index is 877. The molecule has 0 bridgehead atoms. The normalized spacial score (nSPS) is 11.0. The van der Waals surface area contributed by atoms with Crippen LogP contribution in [0, 0.1) is 0 Å². The maximum absolute atomic E-state index is 5.94. The molecule has 0 aliphatic rings. The summed E-state index contributed by atoms with van der Waals surface area (Å²) < 4.78 is 11.2. The maximum atomic E-state index is 5.94. The predicted octanol–water partition coefficient (Wildman–Crippen LogP) is 3.73. The summed E-state index contributed by atoms with van der Waals surface area (Å²) in [5.41, 5.74) is 8.34. The minimum Gasteiger partial charge on any atom is -0.453 e. The van der Waals surface area contributed by atoms with Crippen LogP contribution in [0.2, 0.25) is 0 Å². The van der Waals surface area contributed by atoms with Gasteiger partial charge in [-0.2, -0.15) is 0 Å². The van der Waals surface area contributed by atoms with Gasteiger partial charge < -0.3 is 14.7 Å². The van der Waals surface area contributed by atoms with E-state index in [9.17, 15) is 0 Å². The fourth-order valence-corrected chi connectivity index (χ4v) is 2.36. The van der Waals surface area contributed by atoms with E-state index in [0.717, 1.165) is 22.1 Å². The number of rotatable bonds is 2. The molecule has 1 aromatic carbocycles. The number of fused-ring (bicyclic) bond motifs is 1. The first-order valence-corrected chi connectivity index (χ1v) is 6.47. The molecule has 0 saturated heterocycles. The van der Waals surface area contributed by atoms with E-state index in [0.29, 0.717) is 17.3 Å². The summed E-state index contributed by atoms with van der Waals surface area (Å²) in [6, 6.07) is 13.4. The SMILES string of the molecule is Nc1noc(-c2cc3ccccc3o2)c1-c1ccncc1. The fraction of sp³-hybridized carbons (Fsp3) is 0. The van der Waals surface area contributed by atoms with Gasteiger partial charge in [-0.1, -0.05) is 23.4 Å². The van der Waals surface area contributed by atoms with E-state index in [-0.39, 0.29) is 0 Å². The molecule has 3 aromatic heterocycles. The van der Waals surface area contributed by atoms with E-state index in [1.165, 1.54) is 0 Å². The number of nitrogen functional groups attached to an aromatic ring is 1. The molecular formula is C16H11N3O2. The van der Waals surface area contributed by atoms with E-state index in [1.54, 1.807) is 12.4 Å². The van der Waals surface area contributed by atoms with Crippen LogP contribution in [0.25, 0.3) is 33.6 Å². The smallest absolute Gasteiger partial charge is 0.212 e. The predicted molar refractivity (Wildman–Crippen MR) is 79.4 cm³/mol. The Morgan fingerprint density at radius 1 is 1.00 bits per heavy atom. The maximum Gasteiger partial charge on any atom is 0.212 e. The van der Waals surface area contributed by atoms with Gasteiger partial charge in [0.05, 0.1) is 5.56 Å². The molecule has 0 amide bonds. The highest BCUT2D eigenvalue weighted by Gasteiger charge is 2.20. The molecule has 5 nitrogen and oxygen atoms in total. The van der Waals surface area contributed by atoms with Crippen molar-refractivity contribution in [3.63, 3.8) is 0 Å². The number of anilines is 1. The van der Waals surface area contributed by atoms with Crippen LogP contribution in [-0.2, 0) is 0 Å². The fourth-order valence-electron chi connectivity index (χ4n) is 2.36. The zero-order chi connectivity index (χ0) is 14.2. The van der Waals surface area contributed by atoms with Crippen LogP contribution in [0.5, 0.6) is 0 Å². The number of nitrogens with zero attached hydrogens (tertiary/aromatic N) is 2. The second-order valence-corrected chi connectivity index (χ2v) is 4.66. The lowest BCUT2D eigenvalue weighted by molar-refractivity contribution is 0.424. The van der Waals surface area contributed by atoms with Crippen molar-refractivity contribution in [3.8, 4) is 22.6 Å². The first-order valence-electron chi connectivity index (χ1n) is 6.47. The van der Waals surface area contributed by atoms with Gasteiger partial charge in [0, 0.05) is 17.8 Å². The van der Waals surface area contributed by atoms with Crippen molar-refractivity contribution < 1.29 is 8.94 Å². The van der Waals surface area contributed by atoms with Crippen molar-refractivity contribution in [1.29, 1.82) is 0 Å². The molecule has 4 aromatic rings. The third-order valence-electron chi connectivity index (χ3n) is 3.34. The molecule has 0 aliphatic heterocycles. The molecule has 4 rings (SSSR count). The Hall–Kier alpha value is -3.08. The van der Waals surface area contributed by atoms with Gasteiger partial charge in [-0.25, -0.2) is 0 Å². The molecule has 21 heavy (non-hydrogen) atoms. The monoisotopic (exact) mass is 277 g/mol. The molecule has 0 radical (unpaired) electrons. The van der Waals surface area contributed by atoms with E-state index >= 15 is 0 Å². The Morgan fingerprint density at radius 3 is 2.62 bits per heavy atom. The van der Waals surface area contributed by atoms with Crippen LogP contribution < -0.4 is 5.73 Å². The number of pyridine rings is 1. The molecule has 3 heterocycles. The molecule has 0 spiro atoms. The molecule has 2 N–H and O–H groups in total. The number of furan rings is 1. The highest BCUT2D eigenvalue weighted by Crippen LogP contribution is 2.38. The molecule has 0 unspecified atom stereocenters. The Kier molecular flexibility index (Phi) is 2.50. The Labute approximate surface area is 120 Å². The van der Waals surface area contributed by atoms with Crippen molar-refractivity contribution >= 4 is 16.8 Å². The number of hydrogen-bond acceptors (Lipinski definition) is 5. The summed E-state index contributed by atoms with van der Waals surface area (Å²) >= 11 is 0. The molecule has 5 heteroatoms. The highest BCUT2D eigenvalue weighted by atomic mass is 16.5. The molecule has 0 aliphatic carbocycles. The third kappa shape index (κ3) is 1.87. The highest BCUT2D eigenvalue weighted by molar-refractivity contribution is 5.89. The average Bonchev–Trinajstić information content (AvgIpc) is 3.11. The van der Waals surface area contributed by atoms with Crippen molar-refractivity contribution in [2.75, 3.05) is 5.73 Å². The largest absolute Gasteiger partial charge is 0.453 e. The number of nitrogens with two attached hydrogens (primary N) is 1. The minimum absolute atomic E-state index is 0.330. The molecule has 102 valence electrons. The third-order valence-corrected chi connectivity index (χ3v) is 3.34. The second-order valence-electron chi connectivity index (χ2n) is 4.66. The van der Waals surface area contributed by atoms with Crippen molar-refractivity contribution in [3.05, 3.63) is 54.9 Å². The molecular weight excluding hydrogens is 266 g/mol. The van der Waals surface area contributed by atoms with Crippen molar-refractivity contribution in [1.82, 2.24) is 10.1 Å². The number of benzene rings is 1. The van der Waals surface area contributed by atoms with Gasteiger partial charge >= 0.3 is 0 Å². The van der Waals surface area contributed by atoms with Gasteiger partial charge in [-0.15, -0.1) is 0 Å². The summed E-state index contributed by atoms with van der Waals surface area (Å²) in [4.78, 5) is 4.01. The standard InChI is InChI=1S/C16H11N3O2/c17-16-14(10-5-7-18-8-6-10)15(21-19-16)13-9-11-3-1-2-4-12(11)20-13/h1-9H,(H2,17,19). The Morgan fingerprint density at radius 2 is 1.81 bits per heavy atom. The minimum atomic E-state index is 0.330. The average molecular weight is 277 g/mol. The van der Waals surface area contributed by atoms with Gasteiger partial charge in [0.15, 0.2) is 11.6 Å². The molecule has 0 fully saturated rings. The zero-order valence-corrected chi connectivity index (χ0v) is 11.0. The first kappa shape index (κ1) is 11.7. The van der Waals surface area contributed by atoms with Crippen LogP contribution in [0.15, 0.2) is 63.8 Å². The summed E-state index contributed by atoms with van der Waals surface area (Å²) in [5, 5.41) is 4.86.